The minimum absolute atomic E-state index is 0.0513. The Kier molecular flexibility index (Phi) is 4.18. The van der Waals surface area contributed by atoms with Gasteiger partial charge in [0.2, 0.25) is 11.2 Å². The Morgan fingerprint density at radius 2 is 1.73 bits per heavy atom. The lowest BCUT2D eigenvalue weighted by Gasteiger charge is -2.14. The van der Waals surface area contributed by atoms with Crippen LogP contribution < -0.4 is 10.7 Å². The van der Waals surface area contributed by atoms with Gasteiger partial charge in [-0.2, -0.15) is 5.10 Å². The number of hydrogen-bond donors (Lipinski definition) is 2. The van der Waals surface area contributed by atoms with Crippen molar-refractivity contribution in [2.24, 2.45) is 0 Å². The van der Waals surface area contributed by atoms with Gasteiger partial charge in [-0.3, -0.25) is 15.2 Å². The van der Waals surface area contributed by atoms with Gasteiger partial charge in [0, 0.05) is 12.0 Å². The molecule has 0 bridgehead atoms. The van der Waals surface area contributed by atoms with Gasteiger partial charge >= 0.3 is 6.09 Å². The molecule has 0 radical (unpaired) electrons. The van der Waals surface area contributed by atoms with E-state index in [1.165, 1.54) is 0 Å². The molecule has 0 atom stereocenters. The van der Waals surface area contributed by atoms with Gasteiger partial charge in [0.1, 0.15) is 11.8 Å². The van der Waals surface area contributed by atoms with Crippen molar-refractivity contribution in [2.45, 2.75) is 5.92 Å². The molecule has 2 aromatic carbocycles. The van der Waals surface area contributed by atoms with Crippen molar-refractivity contribution in [3.63, 3.8) is 0 Å². The van der Waals surface area contributed by atoms with E-state index in [1.54, 1.807) is 0 Å². The second-order valence-electron chi connectivity index (χ2n) is 5.88. The van der Waals surface area contributed by atoms with Gasteiger partial charge in [0.15, 0.2) is 0 Å². The Balaban J connectivity index is 1.51. The molecule has 26 heavy (non-hydrogen) atoms. The summed E-state index contributed by atoms with van der Waals surface area (Å²) in [4.78, 5) is 23.8. The molecule has 0 spiro atoms. The molecule has 0 fully saturated rings. The number of H-pyrrole nitrogens is 1. The smallest absolute Gasteiger partial charge is 0.412 e. The highest BCUT2D eigenvalue weighted by Gasteiger charge is 2.29. The summed E-state index contributed by atoms with van der Waals surface area (Å²) in [6, 6.07) is 17.2. The molecule has 1 amide bonds. The van der Waals surface area contributed by atoms with Gasteiger partial charge in [-0.15, -0.1) is 0 Å². The fourth-order valence-electron chi connectivity index (χ4n) is 3.20. The third-order valence-corrected chi connectivity index (χ3v) is 4.52. The normalized spacial score (nSPS) is 12.3. The van der Waals surface area contributed by atoms with E-state index in [0.29, 0.717) is 0 Å². The molecule has 0 aliphatic heterocycles. The number of halogens is 1. The standard InChI is InChI=1S/C19H14ClN3O3/c20-17-9-16(24)18(23-22-17)21-19(25)26-10-15-13-7-3-1-5-11(13)12-6-2-4-8-14(12)15/h1-9,15H,10H2,(H,22,24)(H,21,23,25). The zero-order valence-electron chi connectivity index (χ0n) is 13.5. The molecule has 0 saturated carbocycles. The number of hydrogen-bond acceptors (Lipinski definition) is 4. The Bertz CT molecular complexity index is 1000. The maximum Gasteiger partial charge on any atom is 0.412 e. The van der Waals surface area contributed by atoms with E-state index in [1.807, 2.05) is 36.4 Å². The molecule has 1 aliphatic carbocycles. The number of rotatable bonds is 3. The van der Waals surface area contributed by atoms with Crippen molar-refractivity contribution in [1.29, 1.82) is 0 Å². The average molecular weight is 368 g/mol. The quantitative estimate of drug-likeness (QED) is 0.737. The zero-order valence-corrected chi connectivity index (χ0v) is 14.3. The average Bonchev–Trinajstić information content (AvgIpc) is 2.96. The maximum atomic E-state index is 12.1. The van der Waals surface area contributed by atoms with E-state index in [2.05, 4.69) is 27.6 Å². The summed E-state index contributed by atoms with van der Waals surface area (Å²) in [7, 11) is 0. The van der Waals surface area contributed by atoms with Crippen LogP contribution in [0.3, 0.4) is 0 Å². The third kappa shape index (κ3) is 2.95. The molecule has 7 heteroatoms. The van der Waals surface area contributed by atoms with Gasteiger partial charge in [0.25, 0.3) is 0 Å². The molecule has 6 nitrogen and oxygen atoms in total. The van der Waals surface area contributed by atoms with Crippen LogP contribution in [-0.4, -0.2) is 22.9 Å². The van der Waals surface area contributed by atoms with Crippen molar-refractivity contribution < 1.29 is 9.53 Å². The molecule has 1 aromatic heterocycles. The first-order valence-corrected chi connectivity index (χ1v) is 8.38. The number of anilines is 1. The van der Waals surface area contributed by atoms with Crippen LogP contribution in [-0.2, 0) is 4.74 Å². The topological polar surface area (TPSA) is 84.1 Å². The summed E-state index contributed by atoms with van der Waals surface area (Å²) in [5, 5.41) is 8.53. The highest BCUT2D eigenvalue weighted by molar-refractivity contribution is 6.29. The monoisotopic (exact) mass is 367 g/mol. The number of ether oxygens (including phenoxy) is 1. The van der Waals surface area contributed by atoms with Crippen LogP contribution in [0.15, 0.2) is 59.4 Å². The van der Waals surface area contributed by atoms with Crippen molar-refractivity contribution in [1.82, 2.24) is 10.2 Å². The molecule has 2 N–H and O–H groups in total. The van der Waals surface area contributed by atoms with E-state index in [9.17, 15) is 9.59 Å². The highest BCUT2D eigenvalue weighted by atomic mass is 35.5. The fraction of sp³-hybridized carbons (Fsp3) is 0.105. The summed E-state index contributed by atoms with van der Waals surface area (Å²) >= 11 is 5.63. The highest BCUT2D eigenvalue weighted by Crippen LogP contribution is 2.44. The van der Waals surface area contributed by atoms with E-state index >= 15 is 0 Å². The van der Waals surface area contributed by atoms with Crippen LogP contribution in [0.2, 0.25) is 5.15 Å². The minimum atomic E-state index is -0.743. The predicted octanol–water partition coefficient (Wildman–Crippen LogP) is 3.78. The molecule has 130 valence electrons. The molecular weight excluding hydrogens is 354 g/mol. The maximum absolute atomic E-state index is 12.1. The van der Waals surface area contributed by atoms with Crippen molar-refractivity contribution in [3.05, 3.63) is 81.1 Å². The SMILES string of the molecule is O=C(Nc1n[nH]c(Cl)cc1=O)OCC1c2ccccc2-c2ccccc21. The molecule has 1 aliphatic rings. The van der Waals surface area contributed by atoms with Gasteiger partial charge in [-0.25, -0.2) is 4.79 Å². The summed E-state index contributed by atoms with van der Waals surface area (Å²) in [5.74, 6) is -0.212. The number of fused-ring (bicyclic) bond motifs is 3. The predicted molar refractivity (Wildman–Crippen MR) is 98.6 cm³/mol. The Morgan fingerprint density at radius 3 is 2.35 bits per heavy atom. The first kappa shape index (κ1) is 16.4. The van der Waals surface area contributed by atoms with Gasteiger partial charge in [-0.05, 0) is 22.3 Å². The lowest BCUT2D eigenvalue weighted by Crippen LogP contribution is -2.22. The number of nitrogens with zero attached hydrogens (tertiary/aromatic N) is 1. The lowest BCUT2D eigenvalue weighted by molar-refractivity contribution is 0.158. The zero-order chi connectivity index (χ0) is 18.1. The van der Waals surface area contributed by atoms with E-state index in [4.69, 9.17) is 16.3 Å². The van der Waals surface area contributed by atoms with Crippen molar-refractivity contribution in [3.8, 4) is 11.1 Å². The largest absolute Gasteiger partial charge is 0.448 e. The van der Waals surface area contributed by atoms with E-state index < -0.39 is 11.5 Å². The Morgan fingerprint density at radius 1 is 1.12 bits per heavy atom. The fourth-order valence-corrected chi connectivity index (χ4v) is 3.34. The van der Waals surface area contributed by atoms with Crippen LogP contribution in [0.5, 0.6) is 0 Å². The summed E-state index contributed by atoms with van der Waals surface area (Å²) in [6.45, 7) is 0.158. The molecule has 4 rings (SSSR count). The number of amides is 1. The third-order valence-electron chi connectivity index (χ3n) is 4.33. The molecule has 3 aromatic rings. The minimum Gasteiger partial charge on any atom is -0.448 e. The van der Waals surface area contributed by atoms with Crippen LogP contribution in [0.4, 0.5) is 10.6 Å². The second kappa shape index (κ2) is 6.65. The summed E-state index contributed by atoms with van der Waals surface area (Å²) in [6.07, 6.45) is -0.743. The van der Waals surface area contributed by atoms with Crippen LogP contribution in [0, 0.1) is 0 Å². The van der Waals surface area contributed by atoms with Crippen molar-refractivity contribution >= 4 is 23.5 Å². The second-order valence-corrected chi connectivity index (χ2v) is 6.29. The summed E-state index contributed by atoms with van der Waals surface area (Å²) < 4.78 is 5.35. The van der Waals surface area contributed by atoms with Gasteiger partial charge < -0.3 is 4.74 Å². The van der Waals surface area contributed by atoms with Crippen LogP contribution in [0.1, 0.15) is 17.0 Å². The van der Waals surface area contributed by atoms with Gasteiger partial charge in [-0.1, -0.05) is 60.1 Å². The van der Waals surface area contributed by atoms with E-state index in [-0.39, 0.29) is 23.5 Å². The number of aromatic amines is 1. The summed E-state index contributed by atoms with van der Waals surface area (Å²) in [5.41, 5.74) is 4.02. The van der Waals surface area contributed by atoms with Crippen LogP contribution >= 0.6 is 11.6 Å². The molecule has 1 heterocycles. The Labute approximate surface area is 153 Å². The number of aromatic nitrogens is 2. The Hall–Kier alpha value is -3.12. The first-order chi connectivity index (χ1) is 12.6. The number of nitrogens with one attached hydrogen (secondary N) is 2. The molecular formula is C19H14ClN3O3. The number of carbonyl (C=O) groups is 1. The molecule has 0 unspecified atom stereocenters. The van der Waals surface area contributed by atoms with Gasteiger partial charge in [0.05, 0.1) is 0 Å². The number of benzene rings is 2. The lowest BCUT2D eigenvalue weighted by atomic mass is 9.98. The molecule has 0 saturated heterocycles. The van der Waals surface area contributed by atoms with Crippen LogP contribution in [0.25, 0.3) is 11.1 Å². The number of carbonyl (C=O) groups excluding carboxylic acids is 1. The van der Waals surface area contributed by atoms with Crippen molar-refractivity contribution in [2.75, 3.05) is 11.9 Å². The first-order valence-electron chi connectivity index (χ1n) is 8.00. The van der Waals surface area contributed by atoms with E-state index in [0.717, 1.165) is 28.3 Å².